The van der Waals surface area contributed by atoms with Gasteiger partial charge in [-0.25, -0.2) is 9.97 Å². The van der Waals surface area contributed by atoms with Crippen LogP contribution < -0.4 is 15.1 Å². The molecule has 0 atom stereocenters. The minimum Gasteiger partial charge on any atom is -0.367 e. The van der Waals surface area contributed by atoms with Crippen LogP contribution in [0, 0.1) is 0 Å². The van der Waals surface area contributed by atoms with E-state index in [1.807, 2.05) is 32.4 Å². The maximum Gasteiger partial charge on any atom is 0.252 e. The fraction of sp³-hybridized carbons (Fsp3) is 0.474. The molecule has 0 bridgehead atoms. The van der Waals surface area contributed by atoms with E-state index >= 15 is 0 Å². The van der Waals surface area contributed by atoms with Gasteiger partial charge in [0, 0.05) is 51.3 Å². The van der Waals surface area contributed by atoms with Crippen LogP contribution in [0.4, 0.5) is 11.6 Å². The molecule has 8 heteroatoms. The molecule has 1 fully saturated rings. The minimum atomic E-state index is -0.0700. The number of carbonyl (C=O) groups is 1. The van der Waals surface area contributed by atoms with E-state index in [-0.39, 0.29) is 5.91 Å². The van der Waals surface area contributed by atoms with Gasteiger partial charge in [-0.3, -0.25) is 9.78 Å². The van der Waals surface area contributed by atoms with E-state index in [0.29, 0.717) is 12.1 Å². The zero-order chi connectivity index (χ0) is 19.1. The van der Waals surface area contributed by atoms with Crippen molar-refractivity contribution in [2.45, 2.75) is 6.42 Å². The van der Waals surface area contributed by atoms with Gasteiger partial charge in [0.05, 0.1) is 17.4 Å². The predicted molar refractivity (Wildman–Crippen MR) is 106 cm³/mol. The lowest BCUT2D eigenvalue weighted by Crippen LogP contribution is -2.47. The van der Waals surface area contributed by atoms with Gasteiger partial charge >= 0.3 is 0 Å². The lowest BCUT2D eigenvalue weighted by atomic mass is 10.2. The van der Waals surface area contributed by atoms with Crippen molar-refractivity contribution in [2.24, 2.45) is 0 Å². The lowest BCUT2D eigenvalue weighted by Gasteiger charge is -2.35. The van der Waals surface area contributed by atoms with Crippen LogP contribution in [0.3, 0.4) is 0 Å². The smallest absolute Gasteiger partial charge is 0.252 e. The average molecular weight is 369 g/mol. The molecule has 1 saturated heterocycles. The van der Waals surface area contributed by atoms with Crippen molar-refractivity contribution < 1.29 is 4.79 Å². The molecule has 8 nitrogen and oxygen atoms in total. The first-order valence-electron chi connectivity index (χ1n) is 9.28. The SMILES string of the molecule is CN(C)CCCNC(=O)c1cncc(N2CCN(c3ncccn3)CC2)c1. The number of nitrogens with zero attached hydrogens (tertiary/aromatic N) is 6. The second-order valence-corrected chi connectivity index (χ2v) is 6.87. The summed E-state index contributed by atoms with van der Waals surface area (Å²) < 4.78 is 0. The van der Waals surface area contributed by atoms with Crippen LogP contribution in [-0.4, -0.2) is 79.1 Å². The first-order valence-corrected chi connectivity index (χ1v) is 9.28. The van der Waals surface area contributed by atoms with Gasteiger partial charge in [0.1, 0.15) is 0 Å². The highest BCUT2D eigenvalue weighted by Gasteiger charge is 2.20. The summed E-state index contributed by atoms with van der Waals surface area (Å²) in [5, 5.41) is 2.96. The maximum atomic E-state index is 12.4. The van der Waals surface area contributed by atoms with Crippen molar-refractivity contribution in [1.82, 2.24) is 25.2 Å². The third-order valence-electron chi connectivity index (χ3n) is 4.53. The summed E-state index contributed by atoms with van der Waals surface area (Å²) in [4.78, 5) is 31.8. The normalized spacial score (nSPS) is 14.5. The van der Waals surface area contributed by atoms with Gasteiger partial charge < -0.3 is 20.0 Å². The molecule has 0 radical (unpaired) electrons. The van der Waals surface area contributed by atoms with Gasteiger partial charge in [-0.15, -0.1) is 0 Å². The standard InChI is InChI=1S/C19H27N7O/c1-24(2)8-4-7-21-18(27)16-13-17(15-20-14-16)25-9-11-26(12-10-25)19-22-5-3-6-23-19/h3,5-6,13-15H,4,7-12H2,1-2H3,(H,21,27). The van der Waals surface area contributed by atoms with E-state index in [1.54, 1.807) is 18.6 Å². The monoisotopic (exact) mass is 369 g/mol. The fourth-order valence-corrected chi connectivity index (χ4v) is 3.04. The Balaban J connectivity index is 1.54. The average Bonchev–Trinajstić information content (AvgIpc) is 2.72. The third-order valence-corrected chi connectivity index (χ3v) is 4.53. The van der Waals surface area contributed by atoms with Gasteiger partial charge in [0.25, 0.3) is 5.91 Å². The second-order valence-electron chi connectivity index (χ2n) is 6.87. The van der Waals surface area contributed by atoms with Gasteiger partial charge in [-0.2, -0.15) is 0 Å². The number of rotatable bonds is 7. The van der Waals surface area contributed by atoms with E-state index in [2.05, 4.69) is 35.0 Å². The van der Waals surface area contributed by atoms with Gasteiger partial charge in [-0.1, -0.05) is 0 Å². The Kier molecular flexibility index (Phi) is 6.54. The summed E-state index contributed by atoms with van der Waals surface area (Å²) in [5.41, 5.74) is 1.58. The Hall–Kier alpha value is -2.74. The molecule has 3 rings (SSSR count). The highest BCUT2D eigenvalue weighted by atomic mass is 16.1. The van der Waals surface area contributed by atoms with E-state index in [1.165, 1.54) is 0 Å². The Morgan fingerprint density at radius 3 is 2.52 bits per heavy atom. The summed E-state index contributed by atoms with van der Waals surface area (Å²) in [6, 6.07) is 3.74. The number of piperazine rings is 1. The number of aromatic nitrogens is 3. The largest absolute Gasteiger partial charge is 0.367 e. The maximum absolute atomic E-state index is 12.4. The molecule has 0 aromatic carbocycles. The van der Waals surface area contributed by atoms with Crippen molar-refractivity contribution in [3.05, 3.63) is 42.5 Å². The topological polar surface area (TPSA) is 77.5 Å². The van der Waals surface area contributed by atoms with E-state index in [9.17, 15) is 4.79 Å². The highest BCUT2D eigenvalue weighted by molar-refractivity contribution is 5.94. The van der Waals surface area contributed by atoms with Crippen molar-refractivity contribution >= 4 is 17.5 Å². The van der Waals surface area contributed by atoms with Crippen LogP contribution in [0.1, 0.15) is 16.8 Å². The number of amides is 1. The lowest BCUT2D eigenvalue weighted by molar-refractivity contribution is 0.0952. The highest BCUT2D eigenvalue weighted by Crippen LogP contribution is 2.18. The van der Waals surface area contributed by atoms with Crippen LogP contribution in [0.5, 0.6) is 0 Å². The quantitative estimate of drug-likeness (QED) is 0.726. The molecule has 144 valence electrons. The fourth-order valence-electron chi connectivity index (χ4n) is 3.04. The molecular weight excluding hydrogens is 342 g/mol. The molecular formula is C19H27N7O. The minimum absolute atomic E-state index is 0.0700. The Morgan fingerprint density at radius 1 is 1.11 bits per heavy atom. The molecule has 0 saturated carbocycles. The molecule has 1 aliphatic heterocycles. The Bertz CT molecular complexity index is 730. The van der Waals surface area contributed by atoms with Gasteiger partial charge in [-0.05, 0) is 39.2 Å². The molecule has 1 aliphatic rings. The van der Waals surface area contributed by atoms with Crippen LogP contribution in [0.15, 0.2) is 36.9 Å². The van der Waals surface area contributed by atoms with Crippen LogP contribution in [0.2, 0.25) is 0 Å². The number of nitrogens with one attached hydrogen (secondary N) is 1. The van der Waals surface area contributed by atoms with Crippen molar-refractivity contribution in [3.8, 4) is 0 Å². The molecule has 0 spiro atoms. The summed E-state index contributed by atoms with van der Waals surface area (Å²) in [7, 11) is 4.05. The van der Waals surface area contributed by atoms with Crippen molar-refractivity contribution in [3.63, 3.8) is 0 Å². The molecule has 27 heavy (non-hydrogen) atoms. The number of anilines is 2. The number of carbonyl (C=O) groups excluding carboxylic acids is 1. The van der Waals surface area contributed by atoms with Crippen LogP contribution >= 0.6 is 0 Å². The Morgan fingerprint density at radius 2 is 1.81 bits per heavy atom. The van der Waals surface area contributed by atoms with E-state index < -0.39 is 0 Å². The number of hydrogen-bond donors (Lipinski definition) is 1. The predicted octanol–water partition coefficient (Wildman–Crippen LogP) is 0.880. The summed E-state index contributed by atoms with van der Waals surface area (Å²) in [5.74, 6) is 0.695. The molecule has 2 aromatic heterocycles. The van der Waals surface area contributed by atoms with Gasteiger partial charge in [0.15, 0.2) is 0 Å². The molecule has 1 N–H and O–H groups in total. The van der Waals surface area contributed by atoms with Crippen LogP contribution in [0.25, 0.3) is 0 Å². The first-order chi connectivity index (χ1) is 13.1. The summed E-state index contributed by atoms with van der Waals surface area (Å²) in [6.07, 6.45) is 7.89. The Labute approximate surface area is 160 Å². The molecule has 1 amide bonds. The van der Waals surface area contributed by atoms with Gasteiger partial charge in [0.2, 0.25) is 5.95 Å². The summed E-state index contributed by atoms with van der Waals surface area (Å²) in [6.45, 7) is 4.97. The van der Waals surface area contributed by atoms with Crippen LogP contribution in [-0.2, 0) is 0 Å². The molecule has 2 aromatic rings. The second kappa shape index (κ2) is 9.27. The zero-order valence-corrected chi connectivity index (χ0v) is 16.0. The van der Waals surface area contributed by atoms with Crippen molar-refractivity contribution in [2.75, 3.05) is 63.2 Å². The number of hydrogen-bond acceptors (Lipinski definition) is 7. The number of pyridine rings is 1. The first kappa shape index (κ1) is 19.0. The molecule has 3 heterocycles. The zero-order valence-electron chi connectivity index (χ0n) is 16.0. The summed E-state index contributed by atoms with van der Waals surface area (Å²) >= 11 is 0. The molecule has 0 unspecified atom stereocenters. The van der Waals surface area contributed by atoms with E-state index in [0.717, 1.165) is 50.8 Å². The van der Waals surface area contributed by atoms with E-state index in [4.69, 9.17) is 0 Å². The third kappa shape index (κ3) is 5.37. The molecule has 0 aliphatic carbocycles. The van der Waals surface area contributed by atoms with Crippen molar-refractivity contribution in [1.29, 1.82) is 0 Å².